The molecule has 3 rings (SSSR count). The molecule has 0 aliphatic carbocycles. The SMILES string of the molecule is CC[C@H](C(=O)NC(C)(C)C)N(Cc1ccc(Cl)cc1)C(=O)CN(c1cc(C)ccc1OC)S(=O)(=O)c1ccc(C)cc1. The van der Waals surface area contributed by atoms with Gasteiger partial charge in [-0.3, -0.25) is 13.9 Å². The maximum Gasteiger partial charge on any atom is 0.264 e. The minimum Gasteiger partial charge on any atom is -0.495 e. The number of hydrogen-bond acceptors (Lipinski definition) is 5. The van der Waals surface area contributed by atoms with Crippen LogP contribution in [0, 0.1) is 13.8 Å². The van der Waals surface area contributed by atoms with Crippen LogP contribution in [0.1, 0.15) is 50.8 Å². The van der Waals surface area contributed by atoms with E-state index in [1.54, 1.807) is 54.6 Å². The van der Waals surface area contributed by atoms with Crippen LogP contribution in [0.5, 0.6) is 5.75 Å². The Morgan fingerprint density at radius 3 is 2.10 bits per heavy atom. The minimum atomic E-state index is -4.22. The number of amides is 2. The van der Waals surface area contributed by atoms with Crippen LogP contribution in [0.15, 0.2) is 71.6 Å². The van der Waals surface area contributed by atoms with Gasteiger partial charge in [0.1, 0.15) is 18.3 Å². The van der Waals surface area contributed by atoms with Gasteiger partial charge in [0.15, 0.2) is 0 Å². The molecule has 0 bridgehead atoms. The zero-order valence-corrected chi connectivity index (χ0v) is 26.8. The largest absolute Gasteiger partial charge is 0.495 e. The van der Waals surface area contributed by atoms with Crippen molar-refractivity contribution in [3.63, 3.8) is 0 Å². The van der Waals surface area contributed by atoms with Crippen molar-refractivity contribution in [1.82, 2.24) is 10.2 Å². The third-order valence-electron chi connectivity index (χ3n) is 6.64. The number of nitrogens with one attached hydrogen (secondary N) is 1. The highest BCUT2D eigenvalue weighted by Crippen LogP contribution is 2.34. The number of anilines is 1. The lowest BCUT2D eigenvalue weighted by molar-refractivity contribution is -0.141. The van der Waals surface area contributed by atoms with E-state index in [1.807, 2.05) is 41.5 Å². The van der Waals surface area contributed by atoms with E-state index in [9.17, 15) is 18.0 Å². The van der Waals surface area contributed by atoms with Gasteiger partial charge in [0.25, 0.3) is 10.0 Å². The number of carbonyl (C=O) groups excluding carboxylic acids is 2. The van der Waals surface area contributed by atoms with E-state index in [2.05, 4.69) is 5.32 Å². The van der Waals surface area contributed by atoms with Crippen LogP contribution < -0.4 is 14.4 Å². The Kier molecular flexibility index (Phi) is 10.7. The smallest absolute Gasteiger partial charge is 0.264 e. The molecule has 0 heterocycles. The third kappa shape index (κ3) is 8.26. The molecular weight excluding hydrogens is 574 g/mol. The van der Waals surface area contributed by atoms with Gasteiger partial charge < -0.3 is 15.0 Å². The van der Waals surface area contributed by atoms with Gasteiger partial charge in [-0.05, 0) is 88.6 Å². The minimum absolute atomic E-state index is 0.0335. The van der Waals surface area contributed by atoms with Gasteiger partial charge >= 0.3 is 0 Å². The number of methoxy groups -OCH3 is 1. The lowest BCUT2D eigenvalue weighted by Gasteiger charge is -2.35. The van der Waals surface area contributed by atoms with Crippen molar-refractivity contribution >= 4 is 39.1 Å². The maximum absolute atomic E-state index is 14.3. The molecular formula is C32H40ClN3O5S. The van der Waals surface area contributed by atoms with E-state index < -0.39 is 34.1 Å². The number of rotatable bonds is 11. The molecule has 0 spiro atoms. The van der Waals surface area contributed by atoms with E-state index >= 15 is 0 Å². The predicted octanol–water partition coefficient (Wildman–Crippen LogP) is 5.88. The molecule has 0 fully saturated rings. The molecule has 8 nitrogen and oxygen atoms in total. The number of benzene rings is 3. The number of hydrogen-bond donors (Lipinski definition) is 1. The average Bonchev–Trinajstić information content (AvgIpc) is 2.91. The summed E-state index contributed by atoms with van der Waals surface area (Å²) in [7, 11) is -2.77. The summed E-state index contributed by atoms with van der Waals surface area (Å²) in [6, 6.07) is 17.7. The van der Waals surface area contributed by atoms with E-state index in [4.69, 9.17) is 16.3 Å². The Balaban J connectivity index is 2.14. The summed E-state index contributed by atoms with van der Waals surface area (Å²) in [5, 5.41) is 3.50. The maximum atomic E-state index is 14.3. The van der Waals surface area contributed by atoms with Crippen LogP contribution in [-0.4, -0.2) is 50.4 Å². The second-order valence-electron chi connectivity index (χ2n) is 11.3. The number of sulfonamides is 1. The number of nitrogens with zero attached hydrogens (tertiary/aromatic N) is 2. The Labute approximate surface area is 254 Å². The Bertz CT molecular complexity index is 1500. The van der Waals surface area contributed by atoms with Crippen molar-refractivity contribution in [3.8, 4) is 5.75 Å². The quantitative estimate of drug-likeness (QED) is 0.291. The van der Waals surface area contributed by atoms with E-state index in [0.717, 1.165) is 21.0 Å². The van der Waals surface area contributed by atoms with Crippen LogP contribution in [0.4, 0.5) is 5.69 Å². The molecule has 42 heavy (non-hydrogen) atoms. The van der Waals surface area contributed by atoms with E-state index in [1.165, 1.54) is 24.1 Å². The molecule has 1 N–H and O–H groups in total. The van der Waals surface area contributed by atoms with Crippen LogP contribution in [0.3, 0.4) is 0 Å². The fourth-order valence-electron chi connectivity index (χ4n) is 4.50. The van der Waals surface area contributed by atoms with Crippen molar-refractivity contribution < 1.29 is 22.7 Å². The molecule has 10 heteroatoms. The standard InChI is InChI=1S/C32H40ClN3O5S/c1-8-27(31(38)34-32(4,5)6)35(20-24-12-14-25(33)15-13-24)30(37)21-36(28-19-23(3)11-18-29(28)41-7)42(39,40)26-16-9-22(2)10-17-26/h9-19,27H,8,20-21H2,1-7H3,(H,34,38)/t27-/m1/s1. The molecule has 0 aliphatic heterocycles. The van der Waals surface area contributed by atoms with E-state index in [-0.39, 0.29) is 23.0 Å². The fraction of sp³-hybridized carbons (Fsp3) is 0.375. The molecule has 0 aromatic heterocycles. The second kappa shape index (κ2) is 13.6. The first-order chi connectivity index (χ1) is 19.7. The van der Waals surface area contributed by atoms with Gasteiger partial charge in [-0.2, -0.15) is 0 Å². The van der Waals surface area contributed by atoms with Crippen molar-refractivity contribution in [2.75, 3.05) is 18.0 Å². The normalized spacial score (nSPS) is 12.4. The van der Waals surface area contributed by atoms with Gasteiger partial charge in [-0.25, -0.2) is 8.42 Å². The molecule has 0 saturated carbocycles. The van der Waals surface area contributed by atoms with Crippen molar-refractivity contribution in [3.05, 3.63) is 88.4 Å². The highest BCUT2D eigenvalue weighted by molar-refractivity contribution is 7.92. The molecule has 3 aromatic carbocycles. The first kappa shape index (κ1) is 32.9. The Morgan fingerprint density at radius 2 is 1.55 bits per heavy atom. The summed E-state index contributed by atoms with van der Waals surface area (Å²) < 4.78 is 34.9. The fourth-order valence-corrected chi connectivity index (χ4v) is 6.05. The van der Waals surface area contributed by atoms with Crippen LogP contribution in [0.25, 0.3) is 0 Å². The van der Waals surface area contributed by atoms with Crippen molar-refractivity contribution in [1.29, 1.82) is 0 Å². The molecule has 0 unspecified atom stereocenters. The van der Waals surface area contributed by atoms with Crippen LogP contribution in [-0.2, 0) is 26.2 Å². The number of halogens is 1. The lowest BCUT2D eigenvalue weighted by Crippen LogP contribution is -2.55. The highest BCUT2D eigenvalue weighted by atomic mass is 35.5. The molecule has 0 saturated heterocycles. The second-order valence-corrected chi connectivity index (χ2v) is 13.6. The molecule has 3 aromatic rings. The number of ether oxygens (including phenoxy) is 1. The summed E-state index contributed by atoms with van der Waals surface area (Å²) in [5.41, 5.74) is 2.13. The number of carbonyl (C=O) groups is 2. The van der Waals surface area contributed by atoms with E-state index in [0.29, 0.717) is 17.2 Å². The van der Waals surface area contributed by atoms with Crippen LogP contribution in [0.2, 0.25) is 5.02 Å². The monoisotopic (exact) mass is 613 g/mol. The summed E-state index contributed by atoms with van der Waals surface area (Å²) in [6.07, 6.45) is 0.319. The molecule has 226 valence electrons. The first-order valence-electron chi connectivity index (χ1n) is 13.8. The summed E-state index contributed by atoms with van der Waals surface area (Å²) in [4.78, 5) is 29.2. The van der Waals surface area contributed by atoms with Crippen molar-refractivity contribution in [2.45, 2.75) is 71.0 Å². The van der Waals surface area contributed by atoms with Crippen molar-refractivity contribution in [2.24, 2.45) is 0 Å². The Morgan fingerprint density at radius 1 is 0.952 bits per heavy atom. The third-order valence-corrected chi connectivity index (χ3v) is 8.67. The van der Waals surface area contributed by atoms with Gasteiger partial charge in [0, 0.05) is 17.1 Å². The first-order valence-corrected chi connectivity index (χ1v) is 15.6. The summed E-state index contributed by atoms with van der Waals surface area (Å²) >= 11 is 6.09. The highest BCUT2D eigenvalue weighted by Gasteiger charge is 2.35. The number of aryl methyl sites for hydroxylation is 2. The average molecular weight is 614 g/mol. The van der Waals surface area contributed by atoms with Crippen LogP contribution >= 0.6 is 11.6 Å². The molecule has 0 radical (unpaired) electrons. The topological polar surface area (TPSA) is 96.0 Å². The predicted molar refractivity (Wildman–Crippen MR) is 167 cm³/mol. The van der Waals surface area contributed by atoms with Gasteiger partial charge in [0.2, 0.25) is 11.8 Å². The molecule has 2 amide bonds. The van der Waals surface area contributed by atoms with Gasteiger partial charge in [-0.1, -0.05) is 54.4 Å². The zero-order chi connectivity index (χ0) is 31.2. The molecule has 0 aliphatic rings. The lowest BCUT2D eigenvalue weighted by atomic mass is 10.1. The zero-order valence-electron chi connectivity index (χ0n) is 25.3. The molecule has 1 atom stereocenters. The summed E-state index contributed by atoms with van der Waals surface area (Å²) in [5.74, 6) is -0.570. The van der Waals surface area contributed by atoms with Gasteiger partial charge in [0.05, 0.1) is 17.7 Å². The summed E-state index contributed by atoms with van der Waals surface area (Å²) in [6.45, 7) is 10.6. The Hall–Kier alpha value is -3.56. The van der Waals surface area contributed by atoms with Gasteiger partial charge in [-0.15, -0.1) is 0 Å².